The standard InChI is InChI=1S/C15H22BrN5/c1-17-14(9-12-5-4-6-18-10-12)15-13(16)11-19-21(15)8-7-20(2)3/h4-6,10-11,14,17H,7-9H2,1-3H3. The minimum atomic E-state index is 0.202. The molecule has 0 aliphatic heterocycles. The fourth-order valence-corrected chi connectivity index (χ4v) is 2.85. The molecule has 1 unspecified atom stereocenters. The van der Waals surface area contributed by atoms with E-state index in [9.17, 15) is 0 Å². The molecule has 0 fully saturated rings. The second-order valence-corrected chi connectivity index (χ2v) is 6.17. The average molecular weight is 352 g/mol. The van der Waals surface area contributed by atoms with Crippen LogP contribution in [0.25, 0.3) is 0 Å². The summed E-state index contributed by atoms with van der Waals surface area (Å²) in [4.78, 5) is 6.35. The maximum absolute atomic E-state index is 4.49. The lowest BCUT2D eigenvalue weighted by molar-refractivity contribution is 0.363. The van der Waals surface area contributed by atoms with Gasteiger partial charge in [-0.15, -0.1) is 0 Å². The molecule has 0 aromatic carbocycles. The van der Waals surface area contributed by atoms with Crippen molar-refractivity contribution in [3.63, 3.8) is 0 Å². The second kappa shape index (κ2) is 7.68. The zero-order valence-electron chi connectivity index (χ0n) is 12.8. The SMILES string of the molecule is CNC(Cc1cccnc1)c1c(Br)cnn1CCN(C)C. The van der Waals surface area contributed by atoms with Crippen LogP contribution in [0.3, 0.4) is 0 Å². The van der Waals surface area contributed by atoms with Crippen LogP contribution in [0.5, 0.6) is 0 Å². The third kappa shape index (κ3) is 4.36. The van der Waals surface area contributed by atoms with Crippen molar-refractivity contribution in [1.29, 1.82) is 0 Å². The van der Waals surface area contributed by atoms with E-state index in [2.05, 4.69) is 61.1 Å². The summed E-state index contributed by atoms with van der Waals surface area (Å²) < 4.78 is 3.12. The van der Waals surface area contributed by atoms with Gasteiger partial charge in [-0.25, -0.2) is 0 Å². The first kappa shape index (κ1) is 16.1. The van der Waals surface area contributed by atoms with Crippen LogP contribution in [0, 0.1) is 0 Å². The normalized spacial score (nSPS) is 12.8. The van der Waals surface area contributed by atoms with Gasteiger partial charge in [-0.2, -0.15) is 5.10 Å². The molecule has 0 amide bonds. The van der Waals surface area contributed by atoms with Gasteiger partial charge < -0.3 is 10.2 Å². The predicted octanol–water partition coefficient (Wildman–Crippen LogP) is 2.11. The second-order valence-electron chi connectivity index (χ2n) is 5.31. The Kier molecular flexibility index (Phi) is 5.90. The molecule has 6 heteroatoms. The van der Waals surface area contributed by atoms with Crippen LogP contribution in [0.4, 0.5) is 0 Å². The number of halogens is 1. The highest BCUT2D eigenvalue weighted by Gasteiger charge is 2.19. The van der Waals surface area contributed by atoms with Gasteiger partial charge in [0, 0.05) is 18.9 Å². The van der Waals surface area contributed by atoms with E-state index < -0.39 is 0 Å². The highest BCUT2D eigenvalue weighted by atomic mass is 79.9. The zero-order chi connectivity index (χ0) is 15.2. The van der Waals surface area contributed by atoms with Crippen molar-refractivity contribution in [2.24, 2.45) is 0 Å². The van der Waals surface area contributed by atoms with Crippen molar-refractivity contribution in [2.75, 3.05) is 27.7 Å². The molecule has 0 saturated heterocycles. The predicted molar refractivity (Wildman–Crippen MR) is 88.2 cm³/mol. The van der Waals surface area contributed by atoms with Crippen LogP contribution < -0.4 is 5.32 Å². The molecule has 1 atom stereocenters. The van der Waals surface area contributed by atoms with Gasteiger partial charge in [0.2, 0.25) is 0 Å². The molecule has 0 aliphatic rings. The van der Waals surface area contributed by atoms with Crippen molar-refractivity contribution in [3.05, 3.63) is 46.5 Å². The van der Waals surface area contributed by atoms with Crippen LogP contribution in [0.15, 0.2) is 35.2 Å². The van der Waals surface area contributed by atoms with Crippen LogP contribution in [-0.2, 0) is 13.0 Å². The van der Waals surface area contributed by atoms with Crippen molar-refractivity contribution >= 4 is 15.9 Å². The Hall–Kier alpha value is -1.24. The molecule has 0 saturated carbocycles. The van der Waals surface area contributed by atoms with Gasteiger partial charge in [0.1, 0.15) is 0 Å². The highest BCUT2D eigenvalue weighted by Crippen LogP contribution is 2.25. The summed E-state index contributed by atoms with van der Waals surface area (Å²) in [5.41, 5.74) is 2.40. The Morgan fingerprint density at radius 3 is 2.81 bits per heavy atom. The van der Waals surface area contributed by atoms with Crippen LogP contribution in [-0.4, -0.2) is 47.4 Å². The maximum Gasteiger partial charge on any atom is 0.0699 e. The van der Waals surface area contributed by atoms with E-state index in [1.165, 1.54) is 11.3 Å². The summed E-state index contributed by atoms with van der Waals surface area (Å²) in [5.74, 6) is 0. The molecule has 114 valence electrons. The molecule has 0 spiro atoms. The Bertz CT molecular complexity index is 552. The molecule has 2 aromatic rings. The average Bonchev–Trinajstić information content (AvgIpc) is 2.85. The fourth-order valence-electron chi connectivity index (χ4n) is 2.28. The molecule has 2 aromatic heterocycles. The molecule has 2 rings (SSSR count). The summed E-state index contributed by atoms with van der Waals surface area (Å²) in [5, 5.41) is 7.88. The summed E-state index contributed by atoms with van der Waals surface area (Å²) >= 11 is 3.63. The van der Waals surface area contributed by atoms with Crippen LogP contribution in [0.1, 0.15) is 17.3 Å². The molecule has 0 bridgehead atoms. The smallest absolute Gasteiger partial charge is 0.0699 e. The molecule has 0 radical (unpaired) electrons. The third-order valence-corrected chi connectivity index (χ3v) is 4.04. The van der Waals surface area contributed by atoms with Gasteiger partial charge in [-0.3, -0.25) is 9.67 Å². The van der Waals surface area contributed by atoms with Gasteiger partial charge >= 0.3 is 0 Å². The van der Waals surface area contributed by atoms with Crippen molar-refractivity contribution in [3.8, 4) is 0 Å². The minimum Gasteiger partial charge on any atom is -0.311 e. The summed E-state index contributed by atoms with van der Waals surface area (Å²) in [6.07, 6.45) is 6.48. The van der Waals surface area contributed by atoms with Crippen molar-refractivity contribution < 1.29 is 0 Å². The van der Waals surface area contributed by atoms with Gasteiger partial charge in [0.15, 0.2) is 0 Å². The number of nitrogens with one attached hydrogen (secondary N) is 1. The van der Waals surface area contributed by atoms with Gasteiger partial charge in [-0.05, 0) is 55.1 Å². The van der Waals surface area contributed by atoms with Crippen LogP contribution in [0.2, 0.25) is 0 Å². The van der Waals surface area contributed by atoms with E-state index in [1.807, 2.05) is 25.5 Å². The molecule has 2 heterocycles. The van der Waals surface area contributed by atoms with Gasteiger partial charge in [0.05, 0.1) is 29.0 Å². The number of likely N-dealkylation sites (N-methyl/N-ethyl adjacent to an activating group) is 2. The molecule has 5 nitrogen and oxygen atoms in total. The first-order valence-electron chi connectivity index (χ1n) is 7.04. The zero-order valence-corrected chi connectivity index (χ0v) is 14.3. The highest BCUT2D eigenvalue weighted by molar-refractivity contribution is 9.10. The number of hydrogen-bond donors (Lipinski definition) is 1. The monoisotopic (exact) mass is 351 g/mol. The molecular formula is C15H22BrN5. The number of pyridine rings is 1. The third-order valence-electron chi connectivity index (χ3n) is 3.43. The lowest BCUT2D eigenvalue weighted by atomic mass is 10.1. The first-order valence-corrected chi connectivity index (χ1v) is 7.83. The Balaban J connectivity index is 2.19. The number of nitrogens with zero attached hydrogens (tertiary/aromatic N) is 4. The topological polar surface area (TPSA) is 46.0 Å². The lowest BCUT2D eigenvalue weighted by Gasteiger charge is -2.20. The fraction of sp³-hybridized carbons (Fsp3) is 0.467. The van der Waals surface area contributed by atoms with E-state index in [1.54, 1.807) is 6.20 Å². The summed E-state index contributed by atoms with van der Waals surface area (Å²) in [6, 6.07) is 4.28. The molecular weight excluding hydrogens is 330 g/mol. The Labute approximate surface area is 134 Å². The number of rotatable bonds is 7. The quantitative estimate of drug-likeness (QED) is 0.829. The summed E-state index contributed by atoms with van der Waals surface area (Å²) in [7, 11) is 6.13. The molecule has 21 heavy (non-hydrogen) atoms. The minimum absolute atomic E-state index is 0.202. The summed E-state index contributed by atoms with van der Waals surface area (Å²) in [6.45, 7) is 1.84. The van der Waals surface area contributed by atoms with Gasteiger partial charge in [0.25, 0.3) is 0 Å². The number of hydrogen-bond acceptors (Lipinski definition) is 4. The van der Waals surface area contributed by atoms with Crippen LogP contribution >= 0.6 is 15.9 Å². The largest absolute Gasteiger partial charge is 0.311 e. The lowest BCUT2D eigenvalue weighted by Crippen LogP contribution is -2.26. The van der Waals surface area contributed by atoms with E-state index >= 15 is 0 Å². The van der Waals surface area contributed by atoms with E-state index in [0.29, 0.717) is 0 Å². The van der Waals surface area contributed by atoms with E-state index in [4.69, 9.17) is 0 Å². The van der Waals surface area contributed by atoms with Gasteiger partial charge in [-0.1, -0.05) is 6.07 Å². The van der Waals surface area contributed by atoms with Crippen molar-refractivity contribution in [1.82, 2.24) is 25.0 Å². The maximum atomic E-state index is 4.49. The first-order chi connectivity index (χ1) is 10.1. The molecule has 0 aliphatic carbocycles. The van der Waals surface area contributed by atoms with Crippen molar-refractivity contribution in [2.45, 2.75) is 19.0 Å². The number of aromatic nitrogens is 3. The Morgan fingerprint density at radius 2 is 2.19 bits per heavy atom. The molecule has 1 N–H and O–H groups in total. The van der Waals surface area contributed by atoms with E-state index in [0.717, 1.165) is 24.0 Å². The van der Waals surface area contributed by atoms with E-state index in [-0.39, 0.29) is 6.04 Å². The Morgan fingerprint density at radius 1 is 1.38 bits per heavy atom.